The van der Waals surface area contributed by atoms with Crippen molar-refractivity contribution in [1.82, 2.24) is 5.16 Å². The summed E-state index contributed by atoms with van der Waals surface area (Å²) in [4.78, 5) is 10.1. The van der Waals surface area contributed by atoms with Gasteiger partial charge in [0.1, 0.15) is 0 Å². The number of aryl methyl sites for hydroxylation is 2. The molecule has 0 unspecified atom stereocenters. The highest BCUT2D eigenvalue weighted by atomic mass is 79.9. The molecule has 106 valence electrons. The standard InChI is InChI=1S/C13H12Br2N2O3/c1-7-3-5-9(6-4-7)10(14)11(15)13-12(17(18)19)8(2)16-20-13/h3-6,10-11H,1-2H3/t10-,11-/m0/s1. The fourth-order valence-electron chi connectivity index (χ4n) is 1.84. The number of hydrogen-bond donors (Lipinski definition) is 0. The van der Waals surface area contributed by atoms with Gasteiger partial charge in [0.25, 0.3) is 0 Å². The maximum absolute atomic E-state index is 11.1. The first kappa shape index (κ1) is 15.2. The molecule has 1 aromatic carbocycles. The van der Waals surface area contributed by atoms with Crippen LogP contribution in [-0.4, -0.2) is 10.1 Å². The Kier molecular flexibility index (Phi) is 4.59. The smallest absolute Gasteiger partial charge is 0.335 e. The Bertz CT molecular complexity index is 625. The van der Waals surface area contributed by atoms with E-state index in [9.17, 15) is 10.1 Å². The lowest BCUT2D eigenvalue weighted by molar-refractivity contribution is -0.386. The number of nitro groups is 1. The van der Waals surface area contributed by atoms with Crippen molar-refractivity contribution in [2.24, 2.45) is 0 Å². The van der Waals surface area contributed by atoms with Crippen molar-refractivity contribution in [3.05, 3.63) is 57.0 Å². The molecule has 0 amide bonds. The third kappa shape index (κ3) is 2.93. The summed E-state index contributed by atoms with van der Waals surface area (Å²) >= 11 is 7.00. The van der Waals surface area contributed by atoms with Gasteiger partial charge >= 0.3 is 5.69 Å². The molecule has 5 nitrogen and oxygen atoms in total. The lowest BCUT2D eigenvalue weighted by atomic mass is 10.1. The molecular formula is C13H12Br2N2O3. The van der Waals surface area contributed by atoms with Crippen LogP contribution >= 0.6 is 31.9 Å². The average Bonchev–Trinajstić information content (AvgIpc) is 2.80. The summed E-state index contributed by atoms with van der Waals surface area (Å²) in [6, 6.07) is 7.92. The fraction of sp³-hybridized carbons (Fsp3) is 0.308. The molecule has 0 radical (unpaired) electrons. The third-order valence-corrected chi connectivity index (χ3v) is 5.65. The monoisotopic (exact) mass is 402 g/mol. The van der Waals surface area contributed by atoms with E-state index in [1.165, 1.54) is 0 Å². The van der Waals surface area contributed by atoms with E-state index in [1.807, 2.05) is 31.2 Å². The summed E-state index contributed by atoms with van der Waals surface area (Å²) in [6.45, 7) is 3.56. The maximum Gasteiger partial charge on any atom is 0.335 e. The van der Waals surface area contributed by atoms with Crippen molar-refractivity contribution < 1.29 is 9.45 Å². The number of benzene rings is 1. The molecule has 0 saturated heterocycles. The molecule has 0 aliphatic heterocycles. The number of nitrogens with zero attached hydrogens (tertiary/aromatic N) is 2. The molecule has 0 aliphatic rings. The molecule has 0 saturated carbocycles. The summed E-state index contributed by atoms with van der Waals surface area (Å²) in [6.07, 6.45) is 0. The van der Waals surface area contributed by atoms with Gasteiger partial charge in [-0.25, -0.2) is 0 Å². The number of hydrogen-bond acceptors (Lipinski definition) is 4. The zero-order valence-electron chi connectivity index (χ0n) is 10.8. The van der Waals surface area contributed by atoms with Crippen molar-refractivity contribution in [2.45, 2.75) is 23.5 Å². The van der Waals surface area contributed by atoms with Crippen molar-refractivity contribution >= 4 is 37.5 Å². The van der Waals surface area contributed by atoms with E-state index < -0.39 is 4.92 Å². The number of aromatic nitrogens is 1. The van der Waals surface area contributed by atoms with E-state index in [-0.39, 0.29) is 26.8 Å². The van der Waals surface area contributed by atoms with Gasteiger partial charge in [0.15, 0.2) is 5.69 Å². The summed E-state index contributed by atoms with van der Waals surface area (Å²) in [7, 11) is 0. The summed E-state index contributed by atoms with van der Waals surface area (Å²) in [5.74, 6) is 0.218. The Hall–Kier alpha value is -1.21. The molecule has 0 fully saturated rings. The predicted octanol–water partition coefficient (Wildman–Crippen LogP) is 4.77. The molecule has 7 heteroatoms. The Morgan fingerprint density at radius 1 is 1.20 bits per heavy atom. The van der Waals surface area contributed by atoms with Crippen LogP contribution < -0.4 is 0 Å². The Labute approximate surface area is 132 Å². The molecule has 1 heterocycles. The molecule has 0 N–H and O–H groups in total. The van der Waals surface area contributed by atoms with Gasteiger partial charge in [-0.3, -0.25) is 10.1 Å². The first-order valence-corrected chi connectivity index (χ1v) is 7.70. The third-order valence-electron chi connectivity index (χ3n) is 2.94. The van der Waals surface area contributed by atoms with E-state index in [0.29, 0.717) is 0 Å². The first-order valence-electron chi connectivity index (χ1n) is 5.87. The van der Waals surface area contributed by atoms with Crippen LogP contribution in [0.1, 0.15) is 32.2 Å². The Balaban J connectivity index is 2.33. The Morgan fingerprint density at radius 2 is 1.80 bits per heavy atom. The highest BCUT2D eigenvalue weighted by Crippen LogP contribution is 2.45. The fourth-order valence-corrected chi connectivity index (χ4v) is 2.99. The minimum Gasteiger partial charge on any atom is -0.352 e. The largest absolute Gasteiger partial charge is 0.352 e. The van der Waals surface area contributed by atoms with Crippen molar-refractivity contribution in [2.75, 3.05) is 0 Å². The molecule has 0 aliphatic carbocycles. The van der Waals surface area contributed by atoms with E-state index >= 15 is 0 Å². The first-order chi connectivity index (χ1) is 9.41. The molecule has 2 rings (SSSR count). The van der Waals surface area contributed by atoms with Crippen LogP contribution in [0.4, 0.5) is 5.69 Å². The quantitative estimate of drug-likeness (QED) is 0.418. The van der Waals surface area contributed by atoms with Crippen LogP contribution in [-0.2, 0) is 0 Å². The van der Waals surface area contributed by atoms with Gasteiger partial charge in [-0.1, -0.05) is 66.8 Å². The topological polar surface area (TPSA) is 69.2 Å². The minimum absolute atomic E-state index is 0.0802. The van der Waals surface area contributed by atoms with Gasteiger partial charge in [0, 0.05) is 0 Å². The van der Waals surface area contributed by atoms with Crippen LogP contribution in [0.3, 0.4) is 0 Å². The summed E-state index contributed by atoms with van der Waals surface area (Å²) < 4.78 is 5.12. The van der Waals surface area contributed by atoms with Gasteiger partial charge in [-0.15, -0.1) is 0 Å². The van der Waals surface area contributed by atoms with Crippen LogP contribution in [0, 0.1) is 24.0 Å². The second kappa shape index (κ2) is 6.05. The van der Waals surface area contributed by atoms with E-state index in [2.05, 4.69) is 37.0 Å². The highest BCUT2D eigenvalue weighted by Gasteiger charge is 2.33. The zero-order valence-corrected chi connectivity index (χ0v) is 14.0. The van der Waals surface area contributed by atoms with Gasteiger partial charge in [0.2, 0.25) is 5.76 Å². The van der Waals surface area contributed by atoms with Crippen LogP contribution in [0.5, 0.6) is 0 Å². The molecular weight excluding hydrogens is 392 g/mol. The van der Waals surface area contributed by atoms with Gasteiger partial charge in [0.05, 0.1) is 14.6 Å². The Morgan fingerprint density at radius 3 is 2.35 bits per heavy atom. The van der Waals surface area contributed by atoms with Crippen LogP contribution in [0.2, 0.25) is 0 Å². The number of rotatable bonds is 4. The molecule has 1 aromatic heterocycles. The molecule has 0 spiro atoms. The molecule has 20 heavy (non-hydrogen) atoms. The zero-order chi connectivity index (χ0) is 14.9. The summed E-state index contributed by atoms with van der Waals surface area (Å²) in [5.41, 5.74) is 2.35. The van der Waals surface area contributed by atoms with E-state index in [0.717, 1.165) is 11.1 Å². The molecule has 2 atom stereocenters. The van der Waals surface area contributed by atoms with Gasteiger partial charge < -0.3 is 4.52 Å². The molecule has 2 aromatic rings. The van der Waals surface area contributed by atoms with Crippen molar-refractivity contribution in [3.8, 4) is 0 Å². The predicted molar refractivity (Wildman–Crippen MR) is 82.4 cm³/mol. The van der Waals surface area contributed by atoms with Crippen molar-refractivity contribution in [1.29, 1.82) is 0 Å². The maximum atomic E-state index is 11.1. The normalized spacial score (nSPS) is 14.0. The SMILES string of the molecule is Cc1ccc([C@H](Br)[C@H](Br)c2onc(C)c2[N+](=O)[O-])cc1. The number of alkyl halides is 2. The van der Waals surface area contributed by atoms with Gasteiger partial charge in [-0.2, -0.15) is 0 Å². The van der Waals surface area contributed by atoms with Crippen LogP contribution in [0.25, 0.3) is 0 Å². The second-order valence-corrected chi connectivity index (χ2v) is 6.43. The lowest BCUT2D eigenvalue weighted by Gasteiger charge is -2.14. The van der Waals surface area contributed by atoms with Crippen molar-refractivity contribution in [3.63, 3.8) is 0 Å². The van der Waals surface area contributed by atoms with Gasteiger partial charge in [-0.05, 0) is 19.4 Å². The summed E-state index contributed by atoms with van der Waals surface area (Å²) in [5, 5.41) is 14.8. The lowest BCUT2D eigenvalue weighted by Crippen LogP contribution is -2.02. The minimum atomic E-state index is -0.468. The van der Waals surface area contributed by atoms with E-state index in [1.54, 1.807) is 6.92 Å². The number of halogens is 2. The van der Waals surface area contributed by atoms with E-state index in [4.69, 9.17) is 4.52 Å². The van der Waals surface area contributed by atoms with Crippen LogP contribution in [0.15, 0.2) is 28.8 Å². The second-order valence-electron chi connectivity index (χ2n) is 4.45. The highest BCUT2D eigenvalue weighted by molar-refractivity contribution is 9.12. The molecule has 0 bridgehead atoms. The average molecular weight is 404 g/mol.